The van der Waals surface area contributed by atoms with Crippen LogP contribution in [0.3, 0.4) is 0 Å². The van der Waals surface area contributed by atoms with E-state index in [-0.39, 0.29) is 31.5 Å². The van der Waals surface area contributed by atoms with Crippen LogP contribution in [0, 0.1) is 5.92 Å². The molecular weight excluding hydrogens is 396 g/mol. The molecule has 1 aliphatic rings. The highest BCUT2D eigenvalue weighted by atomic mass is 16.5. The third-order valence-electron chi connectivity index (χ3n) is 5.57. The minimum absolute atomic E-state index is 0.0555. The normalized spacial score (nSPS) is 18.9. The van der Waals surface area contributed by atoms with Gasteiger partial charge < -0.3 is 20.1 Å². The maximum absolute atomic E-state index is 12.9. The molecule has 1 aliphatic heterocycles. The van der Waals surface area contributed by atoms with Gasteiger partial charge in [0, 0.05) is 13.0 Å². The van der Waals surface area contributed by atoms with E-state index >= 15 is 0 Å². The number of nitrogens with zero attached hydrogens (tertiary/aromatic N) is 1. The van der Waals surface area contributed by atoms with Crippen molar-refractivity contribution < 1.29 is 24.2 Å². The summed E-state index contributed by atoms with van der Waals surface area (Å²) in [6.45, 7) is 3.95. The number of ether oxygens (including phenoxy) is 1. The molecular formula is C24H28N2O5. The number of aliphatic hydroxyl groups is 1. The lowest BCUT2D eigenvalue weighted by Crippen LogP contribution is -2.48. The van der Waals surface area contributed by atoms with Crippen LogP contribution in [0.5, 0.6) is 0 Å². The molecule has 0 aliphatic carbocycles. The van der Waals surface area contributed by atoms with E-state index in [0.29, 0.717) is 5.56 Å². The molecule has 2 amide bonds. The van der Waals surface area contributed by atoms with Crippen molar-refractivity contribution in [3.63, 3.8) is 0 Å². The molecule has 0 aromatic heterocycles. The maximum Gasteiger partial charge on any atom is 0.331 e. The second-order valence-corrected chi connectivity index (χ2v) is 7.63. The predicted molar refractivity (Wildman–Crippen MR) is 115 cm³/mol. The van der Waals surface area contributed by atoms with Gasteiger partial charge in [0.2, 0.25) is 11.8 Å². The predicted octanol–water partition coefficient (Wildman–Crippen LogP) is 2.38. The SMILES string of the molecule is CCOC(=O)C(NC(=O)C1CC(=O)N(C(C)c2ccccc2)C1)C(O)c1ccccc1. The zero-order chi connectivity index (χ0) is 22.4. The Hall–Kier alpha value is -3.19. The van der Waals surface area contributed by atoms with E-state index in [2.05, 4.69) is 5.32 Å². The molecule has 3 rings (SSSR count). The van der Waals surface area contributed by atoms with Gasteiger partial charge in [-0.2, -0.15) is 0 Å². The molecule has 2 aromatic carbocycles. The van der Waals surface area contributed by atoms with Gasteiger partial charge in [-0.15, -0.1) is 0 Å². The fourth-order valence-electron chi connectivity index (χ4n) is 3.81. The quantitative estimate of drug-likeness (QED) is 0.635. The molecule has 4 atom stereocenters. The van der Waals surface area contributed by atoms with E-state index in [1.807, 2.05) is 37.3 Å². The first-order valence-corrected chi connectivity index (χ1v) is 10.5. The standard InChI is InChI=1S/C24H28N2O5/c1-3-31-24(30)21(22(28)18-12-8-5-9-13-18)25-23(29)19-14-20(27)26(15-19)16(2)17-10-6-4-7-11-17/h4-13,16,19,21-22,28H,3,14-15H2,1-2H3,(H,25,29). The van der Waals surface area contributed by atoms with Crippen LogP contribution in [0.1, 0.15) is 43.5 Å². The van der Waals surface area contributed by atoms with Crippen LogP contribution in [0.4, 0.5) is 0 Å². The number of carbonyl (C=O) groups is 3. The smallest absolute Gasteiger partial charge is 0.331 e. The summed E-state index contributed by atoms with van der Waals surface area (Å²) in [5.41, 5.74) is 1.48. The molecule has 4 unspecified atom stereocenters. The van der Waals surface area contributed by atoms with Crippen molar-refractivity contribution in [2.24, 2.45) is 5.92 Å². The zero-order valence-corrected chi connectivity index (χ0v) is 17.7. The van der Waals surface area contributed by atoms with Gasteiger partial charge in [0.25, 0.3) is 0 Å². The van der Waals surface area contributed by atoms with Gasteiger partial charge in [0.15, 0.2) is 6.04 Å². The third kappa shape index (κ3) is 5.30. The molecule has 0 bridgehead atoms. The summed E-state index contributed by atoms with van der Waals surface area (Å²) in [6, 6.07) is 16.8. The van der Waals surface area contributed by atoms with Crippen molar-refractivity contribution in [1.82, 2.24) is 10.2 Å². The van der Waals surface area contributed by atoms with Gasteiger partial charge in [0.05, 0.1) is 18.6 Å². The molecule has 1 fully saturated rings. The minimum Gasteiger partial charge on any atom is -0.464 e. The van der Waals surface area contributed by atoms with Gasteiger partial charge >= 0.3 is 5.97 Å². The van der Waals surface area contributed by atoms with Crippen LogP contribution in [0.25, 0.3) is 0 Å². The Morgan fingerprint density at radius 1 is 1.10 bits per heavy atom. The van der Waals surface area contributed by atoms with E-state index in [0.717, 1.165) is 5.56 Å². The van der Waals surface area contributed by atoms with Crippen LogP contribution in [0.2, 0.25) is 0 Å². The number of benzene rings is 2. The fourth-order valence-corrected chi connectivity index (χ4v) is 3.81. The molecule has 7 heteroatoms. The van der Waals surface area contributed by atoms with Gasteiger partial charge in [-0.25, -0.2) is 4.79 Å². The van der Waals surface area contributed by atoms with E-state index < -0.39 is 29.9 Å². The number of esters is 1. The monoisotopic (exact) mass is 424 g/mol. The first kappa shape index (κ1) is 22.5. The third-order valence-corrected chi connectivity index (χ3v) is 5.57. The second kappa shape index (κ2) is 10.2. The molecule has 2 N–H and O–H groups in total. The largest absolute Gasteiger partial charge is 0.464 e. The Morgan fingerprint density at radius 2 is 1.68 bits per heavy atom. The van der Waals surface area contributed by atoms with Crippen LogP contribution < -0.4 is 5.32 Å². The fraction of sp³-hybridized carbons (Fsp3) is 0.375. The summed E-state index contributed by atoms with van der Waals surface area (Å²) < 4.78 is 5.06. The van der Waals surface area contributed by atoms with Gasteiger partial charge in [-0.3, -0.25) is 9.59 Å². The first-order valence-electron chi connectivity index (χ1n) is 10.5. The summed E-state index contributed by atoms with van der Waals surface area (Å²) >= 11 is 0. The lowest BCUT2D eigenvalue weighted by atomic mass is 10.0. The number of amides is 2. The molecule has 164 valence electrons. The highest BCUT2D eigenvalue weighted by Crippen LogP contribution is 2.29. The number of hydrogen-bond acceptors (Lipinski definition) is 5. The van der Waals surface area contributed by atoms with Crippen LogP contribution in [-0.4, -0.2) is 47.0 Å². The van der Waals surface area contributed by atoms with Crippen molar-refractivity contribution in [3.05, 3.63) is 71.8 Å². The second-order valence-electron chi connectivity index (χ2n) is 7.63. The van der Waals surface area contributed by atoms with Gasteiger partial charge in [-0.05, 0) is 25.0 Å². The molecule has 0 spiro atoms. The van der Waals surface area contributed by atoms with E-state index in [1.54, 1.807) is 42.2 Å². The highest BCUT2D eigenvalue weighted by Gasteiger charge is 2.39. The Bertz CT molecular complexity index is 903. The average Bonchev–Trinajstić information content (AvgIpc) is 3.19. The maximum atomic E-state index is 12.9. The first-order chi connectivity index (χ1) is 14.9. The molecule has 1 saturated heterocycles. The van der Waals surface area contributed by atoms with Crippen molar-refractivity contribution in [3.8, 4) is 0 Å². The lowest BCUT2D eigenvalue weighted by molar-refractivity contribution is -0.151. The topological polar surface area (TPSA) is 95.9 Å². The molecule has 0 radical (unpaired) electrons. The summed E-state index contributed by atoms with van der Waals surface area (Å²) in [6.07, 6.45) is -1.21. The van der Waals surface area contributed by atoms with E-state index in [1.165, 1.54) is 0 Å². The molecule has 0 saturated carbocycles. The number of aliphatic hydroxyl groups excluding tert-OH is 1. The van der Waals surface area contributed by atoms with Crippen LogP contribution in [0.15, 0.2) is 60.7 Å². The Kier molecular flexibility index (Phi) is 7.41. The number of likely N-dealkylation sites (tertiary alicyclic amines) is 1. The Morgan fingerprint density at radius 3 is 2.26 bits per heavy atom. The summed E-state index contributed by atoms with van der Waals surface area (Å²) in [5.74, 6) is -1.90. The van der Waals surface area contributed by atoms with Crippen molar-refractivity contribution in [2.75, 3.05) is 13.2 Å². The van der Waals surface area contributed by atoms with Crippen molar-refractivity contribution in [1.29, 1.82) is 0 Å². The van der Waals surface area contributed by atoms with Crippen molar-refractivity contribution >= 4 is 17.8 Å². The molecule has 7 nitrogen and oxygen atoms in total. The highest BCUT2D eigenvalue weighted by molar-refractivity contribution is 5.92. The molecule has 1 heterocycles. The number of carbonyl (C=O) groups excluding carboxylic acids is 3. The van der Waals surface area contributed by atoms with E-state index in [4.69, 9.17) is 4.74 Å². The van der Waals surface area contributed by atoms with Crippen LogP contribution in [-0.2, 0) is 19.1 Å². The molecule has 31 heavy (non-hydrogen) atoms. The average molecular weight is 424 g/mol. The van der Waals surface area contributed by atoms with Crippen LogP contribution >= 0.6 is 0 Å². The number of nitrogens with one attached hydrogen (secondary N) is 1. The number of hydrogen-bond donors (Lipinski definition) is 2. The van der Waals surface area contributed by atoms with Gasteiger partial charge in [-0.1, -0.05) is 60.7 Å². The van der Waals surface area contributed by atoms with E-state index in [9.17, 15) is 19.5 Å². The zero-order valence-electron chi connectivity index (χ0n) is 17.7. The summed E-state index contributed by atoms with van der Waals surface area (Å²) in [5, 5.41) is 13.3. The lowest BCUT2D eigenvalue weighted by Gasteiger charge is -2.26. The van der Waals surface area contributed by atoms with Gasteiger partial charge in [0.1, 0.15) is 6.10 Å². The Labute approximate surface area is 182 Å². The van der Waals surface area contributed by atoms with Crippen molar-refractivity contribution in [2.45, 2.75) is 38.5 Å². The Balaban J connectivity index is 1.71. The summed E-state index contributed by atoms with van der Waals surface area (Å²) in [4.78, 5) is 39.7. The molecule has 2 aromatic rings. The summed E-state index contributed by atoms with van der Waals surface area (Å²) in [7, 11) is 0. The minimum atomic E-state index is -1.26. The number of rotatable bonds is 8.